The third kappa shape index (κ3) is 10.4. The van der Waals surface area contributed by atoms with Gasteiger partial charge in [-0.05, 0) is 87.7 Å². The summed E-state index contributed by atoms with van der Waals surface area (Å²) in [5.41, 5.74) is 0.359. The largest absolute Gasteiger partial charge is 0.490 e. The number of halogens is 3. The summed E-state index contributed by atoms with van der Waals surface area (Å²) in [6, 6.07) is 11.0. The van der Waals surface area contributed by atoms with Crippen molar-refractivity contribution in [2.75, 3.05) is 44.0 Å². The van der Waals surface area contributed by atoms with Crippen molar-refractivity contribution in [3.63, 3.8) is 0 Å². The van der Waals surface area contributed by atoms with Crippen molar-refractivity contribution < 1.29 is 42.1 Å². The number of hydrogen-bond acceptors (Lipinski definition) is 7. The van der Waals surface area contributed by atoms with Crippen molar-refractivity contribution in [2.45, 2.75) is 64.5 Å². The van der Waals surface area contributed by atoms with E-state index in [0.717, 1.165) is 18.6 Å². The Morgan fingerprint density at radius 3 is 2.38 bits per heavy atom. The predicted octanol–water partition coefficient (Wildman–Crippen LogP) is 6.31. The van der Waals surface area contributed by atoms with Gasteiger partial charge in [-0.3, -0.25) is 14.6 Å². The van der Waals surface area contributed by atoms with Gasteiger partial charge in [0.2, 0.25) is 0 Å². The summed E-state index contributed by atoms with van der Waals surface area (Å²) in [7, 11) is 1.55. The molecule has 0 fully saturated rings. The van der Waals surface area contributed by atoms with Gasteiger partial charge in [0.15, 0.2) is 0 Å². The Morgan fingerprint density at radius 1 is 1.04 bits per heavy atom. The smallest absolute Gasteiger partial charge is 0.416 e. The van der Waals surface area contributed by atoms with Crippen LogP contribution in [0.3, 0.4) is 0 Å². The highest BCUT2D eigenvalue weighted by atomic mass is 19.4. The number of ether oxygens (including phenoxy) is 2. The van der Waals surface area contributed by atoms with E-state index < -0.39 is 35.8 Å². The molecule has 4 amide bonds. The lowest BCUT2D eigenvalue weighted by molar-refractivity contribution is -0.137. The molecule has 0 radical (unpaired) electrons. The quantitative estimate of drug-likeness (QED) is 0.263. The number of rotatable bonds is 7. The molecule has 1 aliphatic rings. The normalized spacial score (nSPS) is 19.7. The second kappa shape index (κ2) is 17.3. The second-order valence-corrected chi connectivity index (χ2v) is 12.6. The molecule has 14 heteroatoms. The first-order valence-corrected chi connectivity index (χ1v) is 16.5. The first-order valence-electron chi connectivity index (χ1n) is 16.5. The monoisotopic (exact) mass is 699 g/mol. The summed E-state index contributed by atoms with van der Waals surface area (Å²) in [5, 5.41) is 15.6. The number of aliphatic hydroxyl groups is 1. The van der Waals surface area contributed by atoms with Crippen LogP contribution in [0, 0.1) is 5.92 Å². The number of carbonyl (C=O) groups is 3. The molecule has 0 saturated carbocycles. The van der Waals surface area contributed by atoms with E-state index in [1.54, 1.807) is 44.3 Å². The molecule has 3 aromatic rings. The van der Waals surface area contributed by atoms with Crippen molar-refractivity contribution >= 4 is 29.2 Å². The molecule has 1 aliphatic heterocycles. The number of hydrogen-bond donors (Lipinski definition) is 3. The third-order valence-electron chi connectivity index (χ3n) is 8.52. The highest BCUT2D eigenvalue weighted by molar-refractivity contribution is 6.05. The predicted molar refractivity (Wildman–Crippen MR) is 182 cm³/mol. The molecule has 2 heterocycles. The number of nitrogens with zero attached hydrogens (tertiary/aromatic N) is 3. The average molecular weight is 700 g/mol. The Labute approximate surface area is 289 Å². The molecule has 0 aliphatic carbocycles. The molecule has 0 spiro atoms. The number of carbonyl (C=O) groups excluding carboxylic acids is 3. The molecule has 270 valence electrons. The maximum Gasteiger partial charge on any atom is 0.416 e. The lowest BCUT2D eigenvalue weighted by Crippen LogP contribution is -2.48. The summed E-state index contributed by atoms with van der Waals surface area (Å²) in [5.74, 6) is -0.799. The van der Waals surface area contributed by atoms with Crippen LogP contribution in [0.2, 0.25) is 0 Å². The zero-order chi connectivity index (χ0) is 36.4. The molecule has 50 heavy (non-hydrogen) atoms. The van der Waals surface area contributed by atoms with Crippen LogP contribution < -0.4 is 15.4 Å². The number of nitrogens with one attached hydrogen (secondary N) is 2. The number of benzene rings is 2. The highest BCUT2D eigenvalue weighted by Gasteiger charge is 2.32. The van der Waals surface area contributed by atoms with Crippen molar-refractivity contribution in [1.82, 2.24) is 14.8 Å². The van der Waals surface area contributed by atoms with E-state index in [2.05, 4.69) is 15.6 Å². The Kier molecular flexibility index (Phi) is 13.2. The van der Waals surface area contributed by atoms with Crippen LogP contribution in [0.5, 0.6) is 5.75 Å². The summed E-state index contributed by atoms with van der Waals surface area (Å²) < 4.78 is 51.5. The van der Waals surface area contributed by atoms with E-state index in [0.29, 0.717) is 36.4 Å². The fourth-order valence-corrected chi connectivity index (χ4v) is 5.48. The van der Waals surface area contributed by atoms with E-state index in [4.69, 9.17) is 9.47 Å². The van der Waals surface area contributed by atoms with E-state index in [1.807, 2.05) is 13.8 Å². The highest BCUT2D eigenvalue weighted by Crippen LogP contribution is 2.31. The number of amides is 4. The van der Waals surface area contributed by atoms with E-state index in [-0.39, 0.29) is 48.9 Å². The number of fused-ring (bicyclic) bond motifs is 1. The minimum Gasteiger partial charge on any atom is -0.490 e. The number of likely N-dealkylation sites (N-methyl/N-ethyl adjacent to an activating group) is 1. The van der Waals surface area contributed by atoms with Crippen LogP contribution in [0.15, 0.2) is 67.0 Å². The van der Waals surface area contributed by atoms with Crippen molar-refractivity contribution in [3.05, 3.63) is 83.7 Å². The van der Waals surface area contributed by atoms with Gasteiger partial charge in [-0.25, -0.2) is 4.79 Å². The SMILES string of the molecule is C[C@H](CO)N1C[C@H](C)[C@@H](CN(C)C(=O)Nc2ccc(C(F)(F)F)cc2)OCCCC[C@H](C)Oc2ccc(NC(=O)c3ccncc3)cc2C1=O. The summed E-state index contributed by atoms with van der Waals surface area (Å²) in [6.07, 6.45) is -0.122. The Bertz CT molecular complexity index is 1590. The van der Waals surface area contributed by atoms with Crippen LogP contribution in [-0.4, -0.2) is 89.3 Å². The van der Waals surface area contributed by atoms with Crippen molar-refractivity contribution in [1.29, 1.82) is 0 Å². The van der Waals surface area contributed by atoms with Gasteiger partial charge in [0.1, 0.15) is 5.75 Å². The van der Waals surface area contributed by atoms with Gasteiger partial charge in [-0.1, -0.05) is 6.92 Å². The fourth-order valence-electron chi connectivity index (χ4n) is 5.48. The van der Waals surface area contributed by atoms with Crippen LogP contribution in [0.1, 0.15) is 66.3 Å². The lowest BCUT2D eigenvalue weighted by Gasteiger charge is -2.35. The van der Waals surface area contributed by atoms with Crippen LogP contribution >= 0.6 is 0 Å². The minimum absolute atomic E-state index is 0.116. The van der Waals surface area contributed by atoms with E-state index in [9.17, 15) is 32.7 Å². The van der Waals surface area contributed by atoms with Gasteiger partial charge in [0, 0.05) is 62.0 Å². The lowest BCUT2D eigenvalue weighted by atomic mass is 10.0. The van der Waals surface area contributed by atoms with Crippen molar-refractivity contribution in [3.8, 4) is 5.75 Å². The summed E-state index contributed by atoms with van der Waals surface area (Å²) in [6.45, 7) is 5.82. The van der Waals surface area contributed by atoms with E-state index in [1.165, 1.54) is 34.3 Å². The van der Waals surface area contributed by atoms with Crippen molar-refractivity contribution in [2.24, 2.45) is 5.92 Å². The van der Waals surface area contributed by atoms with Crippen LogP contribution in [0.25, 0.3) is 0 Å². The van der Waals surface area contributed by atoms with Gasteiger partial charge < -0.3 is 35.0 Å². The molecular formula is C36H44F3N5O6. The van der Waals surface area contributed by atoms with Gasteiger partial charge in [-0.2, -0.15) is 13.2 Å². The molecule has 0 bridgehead atoms. The molecule has 0 saturated heterocycles. The fraction of sp³-hybridized carbons (Fsp3) is 0.444. The number of pyridine rings is 1. The first-order chi connectivity index (χ1) is 23.8. The Hall–Kier alpha value is -4.69. The average Bonchev–Trinajstić information content (AvgIpc) is 3.09. The number of urea groups is 1. The summed E-state index contributed by atoms with van der Waals surface area (Å²) >= 11 is 0. The molecular weight excluding hydrogens is 655 g/mol. The Balaban J connectivity index is 1.57. The van der Waals surface area contributed by atoms with Gasteiger partial charge in [-0.15, -0.1) is 0 Å². The number of alkyl halides is 3. The maximum atomic E-state index is 14.3. The van der Waals surface area contributed by atoms with Gasteiger partial charge >= 0.3 is 12.2 Å². The molecule has 2 aromatic carbocycles. The van der Waals surface area contributed by atoms with Crippen LogP contribution in [-0.2, 0) is 10.9 Å². The second-order valence-electron chi connectivity index (χ2n) is 12.6. The molecule has 11 nitrogen and oxygen atoms in total. The molecule has 0 unspecified atom stereocenters. The molecule has 3 N–H and O–H groups in total. The zero-order valence-electron chi connectivity index (χ0n) is 28.6. The van der Waals surface area contributed by atoms with Gasteiger partial charge in [0.05, 0.1) is 36.0 Å². The molecule has 4 atom stereocenters. The van der Waals surface area contributed by atoms with Gasteiger partial charge in [0.25, 0.3) is 11.8 Å². The zero-order valence-corrected chi connectivity index (χ0v) is 28.6. The maximum absolute atomic E-state index is 14.3. The summed E-state index contributed by atoms with van der Waals surface area (Å²) in [4.78, 5) is 47.1. The first kappa shape index (κ1) is 38.1. The number of aliphatic hydroxyl groups excluding tert-OH is 1. The number of aromatic nitrogens is 1. The van der Waals surface area contributed by atoms with Crippen LogP contribution in [0.4, 0.5) is 29.3 Å². The Morgan fingerprint density at radius 2 is 1.72 bits per heavy atom. The third-order valence-corrected chi connectivity index (χ3v) is 8.52. The molecule has 1 aromatic heterocycles. The minimum atomic E-state index is -4.49. The number of anilines is 2. The standard InChI is InChI=1S/C36H44F3N5O6/c1-23-20-44(24(2)22-45)34(47)30-19-29(41-33(46)26-14-16-40-17-15-26)12-13-31(30)50-25(3)7-5-6-18-49-32(23)21-43(4)35(48)42-28-10-8-27(9-11-28)36(37,38)39/h8-17,19,23-25,32,45H,5-7,18,20-22H2,1-4H3,(H,41,46)(H,42,48)/t23-,24+,25-,32+/m0/s1. The molecule has 4 rings (SSSR count). The van der Waals surface area contributed by atoms with E-state index >= 15 is 0 Å². The topological polar surface area (TPSA) is 133 Å².